The highest BCUT2D eigenvalue weighted by Gasteiger charge is 2.42. The van der Waals surface area contributed by atoms with E-state index in [1.54, 1.807) is 0 Å². The topological polar surface area (TPSA) is 40.5 Å². The van der Waals surface area contributed by atoms with Crippen molar-refractivity contribution in [1.29, 1.82) is 0 Å². The third-order valence-electron chi connectivity index (χ3n) is 5.00. The van der Waals surface area contributed by atoms with Crippen molar-refractivity contribution < 1.29 is 9.90 Å². The molecule has 19 heavy (non-hydrogen) atoms. The van der Waals surface area contributed by atoms with Gasteiger partial charge in [-0.15, -0.1) is 0 Å². The minimum atomic E-state index is -0.400. The molecule has 0 aromatic carbocycles. The van der Waals surface area contributed by atoms with Gasteiger partial charge in [0.05, 0.1) is 5.60 Å². The molecule has 2 unspecified atom stereocenters. The summed E-state index contributed by atoms with van der Waals surface area (Å²) in [6.07, 6.45) is 6.10. The predicted molar refractivity (Wildman–Crippen MR) is 77.0 cm³/mol. The van der Waals surface area contributed by atoms with Crippen molar-refractivity contribution in [2.75, 3.05) is 19.6 Å². The van der Waals surface area contributed by atoms with Gasteiger partial charge in [-0.1, -0.05) is 33.6 Å². The van der Waals surface area contributed by atoms with Gasteiger partial charge in [0.2, 0.25) is 0 Å². The second kappa shape index (κ2) is 5.53. The van der Waals surface area contributed by atoms with Gasteiger partial charge in [-0.05, 0) is 19.3 Å². The summed E-state index contributed by atoms with van der Waals surface area (Å²) in [4.78, 5) is 14.4. The number of nitrogens with zero attached hydrogens (tertiary/aromatic N) is 1. The van der Waals surface area contributed by atoms with E-state index in [0.717, 1.165) is 38.9 Å². The third kappa shape index (κ3) is 3.57. The number of carbonyl (C=O) groups excluding carboxylic acids is 1. The fourth-order valence-electron chi connectivity index (χ4n) is 3.48. The third-order valence-corrected chi connectivity index (χ3v) is 5.00. The van der Waals surface area contributed by atoms with Gasteiger partial charge >= 0.3 is 0 Å². The van der Waals surface area contributed by atoms with E-state index >= 15 is 0 Å². The Kier molecular flexibility index (Phi) is 4.36. The van der Waals surface area contributed by atoms with Crippen molar-refractivity contribution in [3.05, 3.63) is 0 Å². The molecular formula is C16H29NO2. The Labute approximate surface area is 117 Å². The van der Waals surface area contributed by atoms with Crippen LogP contribution >= 0.6 is 0 Å². The van der Waals surface area contributed by atoms with Crippen LogP contribution in [0.15, 0.2) is 0 Å². The van der Waals surface area contributed by atoms with E-state index in [1.165, 1.54) is 12.8 Å². The Balaban J connectivity index is 1.83. The number of Topliss-reactive ketones (excluding diaryl/α,β-unsaturated/α-hetero) is 1. The zero-order chi connectivity index (χ0) is 14.1. The minimum Gasteiger partial charge on any atom is -0.390 e. The lowest BCUT2D eigenvalue weighted by molar-refractivity contribution is -0.127. The molecule has 1 aliphatic carbocycles. The Morgan fingerprint density at radius 1 is 1.32 bits per heavy atom. The number of fused-ring (bicyclic) bond motifs is 1. The fourth-order valence-corrected chi connectivity index (χ4v) is 3.48. The smallest absolute Gasteiger partial charge is 0.139 e. The molecule has 2 rings (SSSR count). The summed E-state index contributed by atoms with van der Waals surface area (Å²) in [6, 6.07) is 0. The number of aliphatic hydroxyl groups is 1. The summed E-state index contributed by atoms with van der Waals surface area (Å²) in [5.41, 5.74) is -0.621. The quantitative estimate of drug-likeness (QED) is 0.854. The Bertz CT molecular complexity index is 334. The van der Waals surface area contributed by atoms with Crippen LogP contribution in [0.25, 0.3) is 0 Å². The van der Waals surface area contributed by atoms with E-state index in [4.69, 9.17) is 0 Å². The highest BCUT2D eigenvalue weighted by atomic mass is 16.3. The standard InChI is InChI=1S/C16H29NO2/c1-15(2,3)14(18)7-10-17-11-9-16(19)8-5-4-6-13(16)12-17/h13,19H,4-12H2,1-3H3. The molecular weight excluding hydrogens is 238 g/mol. The van der Waals surface area contributed by atoms with Crippen molar-refractivity contribution in [3.63, 3.8) is 0 Å². The fraction of sp³-hybridized carbons (Fsp3) is 0.938. The first-order chi connectivity index (χ1) is 8.81. The zero-order valence-corrected chi connectivity index (χ0v) is 12.7. The molecule has 0 aromatic heterocycles. The molecule has 110 valence electrons. The van der Waals surface area contributed by atoms with E-state index in [1.807, 2.05) is 20.8 Å². The Morgan fingerprint density at radius 2 is 2.05 bits per heavy atom. The molecule has 0 radical (unpaired) electrons. The second-order valence-electron chi connectivity index (χ2n) is 7.52. The van der Waals surface area contributed by atoms with Gasteiger partial charge in [-0.25, -0.2) is 0 Å². The second-order valence-corrected chi connectivity index (χ2v) is 7.52. The summed E-state index contributed by atoms with van der Waals surface area (Å²) in [7, 11) is 0. The first-order valence-corrected chi connectivity index (χ1v) is 7.79. The molecule has 0 bridgehead atoms. The van der Waals surface area contributed by atoms with E-state index in [2.05, 4.69) is 4.90 Å². The summed E-state index contributed by atoms with van der Waals surface area (Å²) in [5.74, 6) is 0.775. The van der Waals surface area contributed by atoms with E-state index < -0.39 is 5.60 Å². The molecule has 1 N–H and O–H groups in total. The first-order valence-electron chi connectivity index (χ1n) is 7.79. The largest absolute Gasteiger partial charge is 0.390 e. The van der Waals surface area contributed by atoms with Gasteiger partial charge in [0.1, 0.15) is 5.78 Å². The molecule has 1 saturated carbocycles. The van der Waals surface area contributed by atoms with Crippen LogP contribution in [0.5, 0.6) is 0 Å². The van der Waals surface area contributed by atoms with Crippen LogP contribution in [0.2, 0.25) is 0 Å². The number of rotatable bonds is 3. The molecule has 2 fully saturated rings. The first kappa shape index (κ1) is 15.0. The average Bonchev–Trinajstić information content (AvgIpc) is 2.34. The number of ketones is 1. The van der Waals surface area contributed by atoms with Crippen LogP contribution in [-0.2, 0) is 4.79 Å². The SMILES string of the molecule is CC(C)(C)C(=O)CCN1CCC2(O)CCCCC2C1. The molecule has 0 aromatic rings. The highest BCUT2D eigenvalue weighted by molar-refractivity contribution is 5.83. The van der Waals surface area contributed by atoms with Crippen molar-refractivity contribution in [2.45, 2.75) is 64.9 Å². The van der Waals surface area contributed by atoms with Gasteiger partial charge < -0.3 is 10.0 Å². The van der Waals surface area contributed by atoms with E-state index in [-0.39, 0.29) is 5.41 Å². The Hall–Kier alpha value is -0.410. The van der Waals surface area contributed by atoms with Gasteiger partial charge in [-0.2, -0.15) is 0 Å². The zero-order valence-electron chi connectivity index (χ0n) is 12.7. The molecule has 2 aliphatic rings. The summed E-state index contributed by atoms with van der Waals surface area (Å²) >= 11 is 0. The number of hydrogen-bond donors (Lipinski definition) is 1. The van der Waals surface area contributed by atoms with Crippen molar-refractivity contribution in [2.24, 2.45) is 11.3 Å². The Morgan fingerprint density at radius 3 is 2.74 bits per heavy atom. The van der Waals surface area contributed by atoms with E-state index in [0.29, 0.717) is 18.1 Å². The van der Waals surface area contributed by atoms with E-state index in [9.17, 15) is 9.90 Å². The summed E-state index contributed by atoms with van der Waals surface area (Å²) in [5, 5.41) is 10.6. The van der Waals surface area contributed by atoms with Crippen LogP contribution in [-0.4, -0.2) is 41.0 Å². The van der Waals surface area contributed by atoms with Gasteiger partial charge in [-0.3, -0.25) is 4.79 Å². The molecule has 2 atom stereocenters. The molecule has 0 amide bonds. The minimum absolute atomic E-state index is 0.221. The maximum Gasteiger partial charge on any atom is 0.139 e. The lowest BCUT2D eigenvalue weighted by Crippen LogP contribution is -2.53. The molecule has 1 aliphatic heterocycles. The number of piperidine rings is 1. The summed E-state index contributed by atoms with van der Waals surface area (Å²) < 4.78 is 0. The lowest BCUT2D eigenvalue weighted by Gasteiger charge is -2.47. The molecule has 1 saturated heterocycles. The van der Waals surface area contributed by atoms with Crippen LogP contribution < -0.4 is 0 Å². The van der Waals surface area contributed by atoms with Crippen LogP contribution in [0, 0.1) is 11.3 Å². The molecule has 3 nitrogen and oxygen atoms in total. The molecule has 0 spiro atoms. The van der Waals surface area contributed by atoms with Crippen molar-refractivity contribution in [3.8, 4) is 0 Å². The van der Waals surface area contributed by atoms with Gasteiger partial charge in [0, 0.05) is 37.4 Å². The summed E-state index contributed by atoms with van der Waals surface area (Å²) in [6.45, 7) is 8.77. The number of carbonyl (C=O) groups is 1. The monoisotopic (exact) mass is 267 g/mol. The van der Waals surface area contributed by atoms with Crippen molar-refractivity contribution in [1.82, 2.24) is 4.90 Å². The van der Waals surface area contributed by atoms with Crippen LogP contribution in [0.1, 0.15) is 59.3 Å². The maximum absolute atomic E-state index is 12.0. The number of likely N-dealkylation sites (tertiary alicyclic amines) is 1. The molecule has 3 heteroatoms. The maximum atomic E-state index is 12.0. The highest BCUT2D eigenvalue weighted by Crippen LogP contribution is 2.39. The van der Waals surface area contributed by atoms with Crippen LogP contribution in [0.4, 0.5) is 0 Å². The van der Waals surface area contributed by atoms with Crippen LogP contribution in [0.3, 0.4) is 0 Å². The lowest BCUT2D eigenvalue weighted by atomic mass is 9.71. The normalized spacial score (nSPS) is 32.9. The average molecular weight is 267 g/mol. The molecule has 1 heterocycles. The van der Waals surface area contributed by atoms with Gasteiger partial charge in [0.15, 0.2) is 0 Å². The number of hydrogen-bond acceptors (Lipinski definition) is 3. The predicted octanol–water partition coefficient (Wildman–Crippen LogP) is 2.62. The van der Waals surface area contributed by atoms with Crippen molar-refractivity contribution >= 4 is 5.78 Å². The van der Waals surface area contributed by atoms with Gasteiger partial charge in [0.25, 0.3) is 0 Å².